The lowest BCUT2D eigenvalue weighted by Gasteiger charge is -2.07. The van der Waals surface area contributed by atoms with Crippen molar-refractivity contribution in [3.63, 3.8) is 0 Å². The number of Topliss-reactive ketones (excluding diaryl/α,β-unsaturated/α-hetero) is 1. The van der Waals surface area contributed by atoms with Crippen LogP contribution in [0.3, 0.4) is 0 Å². The highest BCUT2D eigenvalue weighted by Gasteiger charge is 2.11. The number of benzene rings is 1. The Kier molecular flexibility index (Phi) is 8.91. The molecule has 1 aromatic carbocycles. The van der Waals surface area contributed by atoms with Crippen molar-refractivity contribution >= 4 is 23.5 Å². The molecule has 4 nitrogen and oxygen atoms in total. The van der Waals surface area contributed by atoms with E-state index < -0.39 is 12.0 Å². The first kappa shape index (κ1) is 17.7. The molecular weight excluding hydrogens is 262 g/mol. The number of carbonyl (C=O) groups excluding carboxylic acids is 1. The minimum atomic E-state index is -1.000. The molecular formula is C14H21NO3S. The quantitative estimate of drug-likeness (QED) is 0.783. The van der Waals surface area contributed by atoms with Crippen LogP contribution in [0.2, 0.25) is 0 Å². The molecule has 0 aliphatic carbocycles. The number of carbonyl (C=O) groups is 2. The van der Waals surface area contributed by atoms with E-state index in [2.05, 4.69) is 0 Å². The van der Waals surface area contributed by atoms with Crippen LogP contribution in [0.15, 0.2) is 29.2 Å². The third kappa shape index (κ3) is 7.64. The van der Waals surface area contributed by atoms with Crippen LogP contribution < -0.4 is 5.73 Å². The van der Waals surface area contributed by atoms with Gasteiger partial charge in [-0.1, -0.05) is 26.0 Å². The molecule has 1 atom stereocenters. The molecule has 3 N–H and O–H groups in total. The highest BCUT2D eigenvalue weighted by atomic mass is 32.2. The third-order valence-electron chi connectivity index (χ3n) is 2.14. The third-order valence-corrected chi connectivity index (χ3v) is 3.29. The Balaban J connectivity index is 0.00000154. The van der Waals surface area contributed by atoms with Gasteiger partial charge in [-0.2, -0.15) is 0 Å². The Morgan fingerprint density at radius 3 is 2.21 bits per heavy atom. The van der Waals surface area contributed by atoms with Gasteiger partial charge in [-0.15, -0.1) is 11.8 Å². The number of aliphatic carboxylic acids is 1. The number of carboxylic acid groups (broad SMARTS) is 1. The minimum Gasteiger partial charge on any atom is -0.480 e. The van der Waals surface area contributed by atoms with Crippen molar-refractivity contribution in [1.29, 1.82) is 0 Å². The second kappa shape index (κ2) is 9.58. The first-order valence-electron chi connectivity index (χ1n) is 6.18. The molecule has 0 aliphatic rings. The summed E-state index contributed by atoms with van der Waals surface area (Å²) in [7, 11) is 0. The summed E-state index contributed by atoms with van der Waals surface area (Å²) in [4.78, 5) is 22.4. The van der Waals surface area contributed by atoms with Crippen molar-refractivity contribution in [2.24, 2.45) is 5.73 Å². The van der Waals surface area contributed by atoms with Crippen LogP contribution in [0.4, 0.5) is 0 Å². The largest absolute Gasteiger partial charge is 0.480 e. The SMILES string of the molecule is CC.CC(=O)CSc1ccc(CC(N)C(=O)O)cc1. The topological polar surface area (TPSA) is 80.4 Å². The van der Waals surface area contributed by atoms with Crippen molar-refractivity contribution in [3.05, 3.63) is 29.8 Å². The van der Waals surface area contributed by atoms with Gasteiger partial charge in [-0.3, -0.25) is 9.59 Å². The summed E-state index contributed by atoms with van der Waals surface area (Å²) in [5.41, 5.74) is 6.32. The first-order valence-corrected chi connectivity index (χ1v) is 7.17. The summed E-state index contributed by atoms with van der Waals surface area (Å²) in [5, 5.41) is 8.68. The van der Waals surface area contributed by atoms with Gasteiger partial charge in [0.15, 0.2) is 0 Å². The summed E-state index contributed by atoms with van der Waals surface area (Å²) in [5.74, 6) is -0.416. The van der Waals surface area contributed by atoms with Crippen LogP contribution in [0, 0.1) is 0 Å². The fourth-order valence-electron chi connectivity index (χ4n) is 1.25. The molecule has 5 heteroatoms. The Hall–Kier alpha value is -1.33. The Bertz CT molecular complexity index is 404. The first-order chi connectivity index (χ1) is 8.99. The number of ketones is 1. The monoisotopic (exact) mass is 283 g/mol. The highest BCUT2D eigenvalue weighted by Crippen LogP contribution is 2.18. The van der Waals surface area contributed by atoms with Crippen LogP contribution in [0.5, 0.6) is 0 Å². The van der Waals surface area contributed by atoms with Crippen molar-refractivity contribution in [2.75, 3.05) is 5.75 Å². The predicted octanol–water partition coefficient (Wildman–Crippen LogP) is 2.35. The number of nitrogens with two attached hydrogens (primary N) is 1. The van der Waals surface area contributed by atoms with Gasteiger partial charge in [0, 0.05) is 4.90 Å². The maximum Gasteiger partial charge on any atom is 0.320 e. The van der Waals surface area contributed by atoms with E-state index in [9.17, 15) is 9.59 Å². The van der Waals surface area contributed by atoms with Crippen molar-refractivity contribution in [2.45, 2.75) is 38.1 Å². The Labute approximate surface area is 118 Å². The van der Waals surface area contributed by atoms with Crippen LogP contribution in [-0.2, 0) is 16.0 Å². The lowest BCUT2D eigenvalue weighted by molar-refractivity contribution is -0.138. The van der Waals surface area contributed by atoms with E-state index in [0.717, 1.165) is 10.5 Å². The van der Waals surface area contributed by atoms with Crippen LogP contribution in [0.25, 0.3) is 0 Å². The number of hydrogen-bond donors (Lipinski definition) is 2. The molecule has 0 saturated heterocycles. The fourth-order valence-corrected chi connectivity index (χ4v) is 1.95. The molecule has 0 fully saturated rings. The molecule has 1 unspecified atom stereocenters. The second-order valence-corrected chi connectivity index (χ2v) is 4.83. The zero-order valence-corrected chi connectivity index (χ0v) is 12.4. The predicted molar refractivity (Wildman–Crippen MR) is 78.5 cm³/mol. The molecule has 19 heavy (non-hydrogen) atoms. The summed E-state index contributed by atoms with van der Waals surface area (Å²) < 4.78 is 0. The van der Waals surface area contributed by atoms with Gasteiger partial charge in [0.25, 0.3) is 0 Å². The summed E-state index contributed by atoms with van der Waals surface area (Å²) in [6.07, 6.45) is 0.312. The van der Waals surface area contributed by atoms with Gasteiger partial charge in [-0.25, -0.2) is 0 Å². The van der Waals surface area contributed by atoms with E-state index in [1.165, 1.54) is 11.8 Å². The standard InChI is InChI=1S/C12H15NO3S.C2H6/c1-8(14)7-17-10-4-2-9(3-5-10)6-11(13)12(15)16;1-2/h2-5,11H,6-7,13H2,1H3,(H,15,16);1-2H3. The van der Waals surface area contributed by atoms with Crippen molar-refractivity contribution < 1.29 is 14.7 Å². The maximum atomic E-state index is 10.8. The maximum absolute atomic E-state index is 10.8. The van der Waals surface area contributed by atoms with E-state index in [4.69, 9.17) is 10.8 Å². The van der Waals surface area contributed by atoms with Gasteiger partial charge >= 0.3 is 5.97 Å². The van der Waals surface area contributed by atoms with E-state index in [0.29, 0.717) is 12.2 Å². The van der Waals surface area contributed by atoms with Gasteiger partial charge in [0.2, 0.25) is 0 Å². The average Bonchev–Trinajstić information content (AvgIpc) is 2.40. The Morgan fingerprint density at radius 1 is 1.26 bits per heavy atom. The number of hydrogen-bond acceptors (Lipinski definition) is 4. The molecule has 0 aromatic heterocycles. The summed E-state index contributed by atoms with van der Waals surface area (Å²) >= 11 is 1.47. The summed E-state index contributed by atoms with van der Waals surface area (Å²) in [6.45, 7) is 5.55. The van der Waals surface area contributed by atoms with Crippen LogP contribution in [-0.4, -0.2) is 28.7 Å². The van der Waals surface area contributed by atoms with E-state index in [1.807, 2.05) is 38.1 Å². The molecule has 106 valence electrons. The van der Waals surface area contributed by atoms with Gasteiger partial charge in [0.05, 0.1) is 5.75 Å². The molecule has 0 spiro atoms. The smallest absolute Gasteiger partial charge is 0.320 e. The molecule has 0 saturated carbocycles. The van der Waals surface area contributed by atoms with E-state index in [1.54, 1.807) is 6.92 Å². The van der Waals surface area contributed by atoms with Gasteiger partial charge < -0.3 is 10.8 Å². The minimum absolute atomic E-state index is 0.131. The highest BCUT2D eigenvalue weighted by molar-refractivity contribution is 8.00. The molecule has 0 bridgehead atoms. The zero-order chi connectivity index (χ0) is 14.8. The zero-order valence-electron chi connectivity index (χ0n) is 11.6. The molecule has 0 aliphatic heterocycles. The Morgan fingerprint density at radius 2 is 1.79 bits per heavy atom. The average molecular weight is 283 g/mol. The molecule has 0 radical (unpaired) electrons. The molecule has 0 heterocycles. The van der Waals surface area contributed by atoms with Crippen molar-refractivity contribution in [1.82, 2.24) is 0 Å². The van der Waals surface area contributed by atoms with E-state index in [-0.39, 0.29) is 5.78 Å². The summed E-state index contributed by atoms with van der Waals surface area (Å²) in [6, 6.07) is 6.55. The lowest BCUT2D eigenvalue weighted by atomic mass is 10.1. The molecule has 1 aromatic rings. The van der Waals surface area contributed by atoms with Crippen molar-refractivity contribution in [3.8, 4) is 0 Å². The van der Waals surface area contributed by atoms with E-state index >= 15 is 0 Å². The fraction of sp³-hybridized carbons (Fsp3) is 0.429. The normalized spacial score (nSPS) is 11.2. The number of rotatable bonds is 6. The molecule has 1 rings (SSSR count). The number of thioether (sulfide) groups is 1. The lowest BCUT2D eigenvalue weighted by Crippen LogP contribution is -2.32. The van der Waals surface area contributed by atoms with Crippen LogP contribution >= 0.6 is 11.8 Å². The van der Waals surface area contributed by atoms with Gasteiger partial charge in [0.1, 0.15) is 11.8 Å². The van der Waals surface area contributed by atoms with Crippen LogP contribution in [0.1, 0.15) is 26.3 Å². The van der Waals surface area contributed by atoms with Gasteiger partial charge in [-0.05, 0) is 31.0 Å². The number of carboxylic acids is 1. The second-order valence-electron chi connectivity index (χ2n) is 3.78. The molecule has 0 amide bonds.